The number of hydrogen-bond acceptors (Lipinski definition) is 3. The molecule has 0 aromatic heterocycles. The molecule has 0 bridgehead atoms. The summed E-state index contributed by atoms with van der Waals surface area (Å²) in [7, 11) is 1.64. The van der Waals surface area contributed by atoms with Gasteiger partial charge in [0.05, 0.1) is 12.0 Å². The number of halogens is 2. The van der Waals surface area contributed by atoms with Gasteiger partial charge in [-0.2, -0.15) is 0 Å². The van der Waals surface area contributed by atoms with Crippen LogP contribution in [0, 0.1) is 6.92 Å². The van der Waals surface area contributed by atoms with Crippen molar-refractivity contribution in [2.24, 2.45) is 0 Å². The Morgan fingerprint density at radius 2 is 1.66 bits per heavy atom. The zero-order valence-corrected chi connectivity index (χ0v) is 19.8. The van der Waals surface area contributed by atoms with Gasteiger partial charge in [0, 0.05) is 25.5 Å². The number of ketones is 1. The van der Waals surface area contributed by atoms with Gasteiger partial charge in [-0.1, -0.05) is 59.6 Å². The molecule has 3 rings (SSSR count). The van der Waals surface area contributed by atoms with Crippen LogP contribution in [0.2, 0.25) is 5.02 Å². The molecule has 2 nitrogen and oxygen atoms in total. The second-order valence-corrected chi connectivity index (χ2v) is 8.95. The largest absolute Gasteiger partial charge is 0.496 e. The van der Waals surface area contributed by atoms with Gasteiger partial charge in [-0.25, -0.2) is 0 Å². The Balaban J connectivity index is 2.01. The van der Waals surface area contributed by atoms with Crippen LogP contribution >= 0.6 is 46.0 Å². The molecule has 0 amide bonds. The molecule has 0 radical (unpaired) electrons. The fourth-order valence-electron chi connectivity index (χ4n) is 2.75. The van der Waals surface area contributed by atoms with Crippen LogP contribution in [0.4, 0.5) is 0 Å². The molecule has 3 aromatic rings. The van der Waals surface area contributed by atoms with Gasteiger partial charge in [0.1, 0.15) is 5.75 Å². The van der Waals surface area contributed by atoms with Crippen LogP contribution in [0.3, 0.4) is 0 Å². The van der Waals surface area contributed by atoms with Crippen molar-refractivity contribution in [2.45, 2.75) is 12.7 Å². The topological polar surface area (TPSA) is 26.3 Å². The molecule has 0 atom stereocenters. The van der Waals surface area contributed by atoms with E-state index < -0.39 is 0 Å². The molecular formula is C24H20ClIO2S. The van der Waals surface area contributed by atoms with E-state index in [-0.39, 0.29) is 5.78 Å². The first kappa shape index (κ1) is 21.9. The third-order valence-corrected chi connectivity index (χ3v) is 7.25. The SMILES string of the molecule is COc1ccccc1C(I)=C(SCc1ccc(C)cc1)C(=O)c1ccc(Cl)cc1. The molecule has 5 heteroatoms. The van der Waals surface area contributed by atoms with Crippen LogP contribution in [0.1, 0.15) is 27.0 Å². The van der Waals surface area contributed by atoms with Crippen LogP contribution < -0.4 is 4.74 Å². The van der Waals surface area contributed by atoms with E-state index in [9.17, 15) is 4.79 Å². The van der Waals surface area contributed by atoms with Crippen molar-refractivity contribution in [3.63, 3.8) is 0 Å². The second kappa shape index (κ2) is 10.3. The van der Waals surface area contributed by atoms with Crippen LogP contribution in [0.25, 0.3) is 3.58 Å². The van der Waals surface area contributed by atoms with Gasteiger partial charge >= 0.3 is 0 Å². The van der Waals surface area contributed by atoms with E-state index in [1.54, 1.807) is 43.1 Å². The Morgan fingerprint density at radius 3 is 2.31 bits per heavy atom. The maximum absolute atomic E-state index is 13.4. The number of hydrogen-bond donors (Lipinski definition) is 0. The number of carbonyl (C=O) groups is 1. The highest BCUT2D eigenvalue weighted by molar-refractivity contribution is 14.1. The standard InChI is InChI=1S/C24H20ClIO2S/c1-16-7-9-17(10-8-16)15-29-24(23(27)18-11-13-19(25)14-12-18)22(26)20-5-3-4-6-21(20)28-2/h3-14H,15H2,1-2H3. The Morgan fingerprint density at radius 1 is 1.00 bits per heavy atom. The number of aryl methyl sites for hydroxylation is 1. The molecule has 0 N–H and O–H groups in total. The van der Waals surface area contributed by atoms with Crippen LogP contribution in [0.15, 0.2) is 77.7 Å². The molecule has 29 heavy (non-hydrogen) atoms. The molecule has 0 unspecified atom stereocenters. The first-order valence-corrected chi connectivity index (χ1v) is 11.5. The summed E-state index contributed by atoms with van der Waals surface area (Å²) in [5.41, 5.74) is 3.91. The van der Waals surface area contributed by atoms with Gasteiger partial charge < -0.3 is 4.74 Å². The molecule has 0 saturated heterocycles. The summed E-state index contributed by atoms with van der Waals surface area (Å²) in [5, 5.41) is 0.610. The second-order valence-electron chi connectivity index (χ2n) is 6.45. The van der Waals surface area contributed by atoms with E-state index in [1.165, 1.54) is 11.1 Å². The van der Waals surface area contributed by atoms with E-state index in [4.69, 9.17) is 16.3 Å². The quantitative estimate of drug-likeness (QED) is 0.178. The zero-order chi connectivity index (χ0) is 20.8. The van der Waals surface area contributed by atoms with E-state index in [0.29, 0.717) is 21.2 Å². The van der Waals surface area contributed by atoms with Crippen LogP contribution in [0.5, 0.6) is 5.75 Å². The minimum Gasteiger partial charge on any atom is -0.496 e. The van der Waals surface area contributed by atoms with Crippen LogP contribution in [-0.2, 0) is 5.75 Å². The predicted molar refractivity (Wildman–Crippen MR) is 132 cm³/mol. The van der Waals surface area contributed by atoms with E-state index in [1.807, 2.05) is 24.3 Å². The summed E-state index contributed by atoms with van der Waals surface area (Å²) < 4.78 is 6.39. The highest BCUT2D eigenvalue weighted by atomic mass is 127. The smallest absolute Gasteiger partial charge is 0.200 e. The average Bonchev–Trinajstić information content (AvgIpc) is 2.75. The van der Waals surface area contributed by atoms with Crippen molar-refractivity contribution in [2.75, 3.05) is 7.11 Å². The van der Waals surface area contributed by atoms with Crippen molar-refractivity contribution in [3.8, 4) is 5.75 Å². The first-order chi connectivity index (χ1) is 14.0. The zero-order valence-electron chi connectivity index (χ0n) is 16.1. The van der Waals surface area contributed by atoms with Gasteiger partial charge in [-0.3, -0.25) is 4.79 Å². The highest BCUT2D eigenvalue weighted by Crippen LogP contribution is 2.39. The maximum atomic E-state index is 13.4. The third-order valence-electron chi connectivity index (χ3n) is 4.36. The lowest BCUT2D eigenvalue weighted by Crippen LogP contribution is -2.03. The van der Waals surface area contributed by atoms with E-state index in [2.05, 4.69) is 53.8 Å². The summed E-state index contributed by atoms with van der Waals surface area (Å²) >= 11 is 9.79. The van der Waals surface area contributed by atoms with Crippen LogP contribution in [-0.4, -0.2) is 12.9 Å². The molecule has 0 heterocycles. The Hall–Kier alpha value is -1.76. The lowest BCUT2D eigenvalue weighted by atomic mass is 10.1. The number of carbonyl (C=O) groups excluding carboxylic acids is 1. The lowest BCUT2D eigenvalue weighted by Gasteiger charge is -2.13. The number of rotatable bonds is 7. The summed E-state index contributed by atoms with van der Waals surface area (Å²) in [5.74, 6) is 1.43. The molecule has 0 spiro atoms. The Kier molecular flexibility index (Phi) is 7.81. The molecule has 0 aliphatic heterocycles. The van der Waals surface area contributed by atoms with Crippen molar-refractivity contribution >= 4 is 55.3 Å². The number of Topliss-reactive ketones (excluding diaryl/α,β-unsaturated/α-hetero) is 1. The summed E-state index contributed by atoms with van der Waals surface area (Å²) in [6, 6.07) is 23.2. The van der Waals surface area contributed by atoms with Crippen molar-refractivity contribution in [1.82, 2.24) is 0 Å². The van der Waals surface area contributed by atoms with Gasteiger partial charge in [-0.05, 0) is 65.4 Å². The minimum absolute atomic E-state index is 0.0194. The molecule has 0 fully saturated rings. The Bertz CT molecular complexity index is 1030. The molecule has 3 aromatic carbocycles. The number of thioether (sulfide) groups is 1. The van der Waals surface area contributed by atoms with E-state index in [0.717, 1.165) is 14.9 Å². The van der Waals surface area contributed by atoms with Gasteiger partial charge in [0.2, 0.25) is 0 Å². The average molecular weight is 535 g/mol. The van der Waals surface area contributed by atoms with Gasteiger partial charge in [0.15, 0.2) is 5.78 Å². The number of ether oxygens (including phenoxy) is 1. The van der Waals surface area contributed by atoms with Crippen molar-refractivity contribution < 1.29 is 9.53 Å². The number of allylic oxidation sites excluding steroid dienone is 1. The predicted octanol–water partition coefficient (Wildman–Crippen LogP) is 7.58. The fourth-order valence-corrected chi connectivity index (χ4v) is 5.02. The minimum atomic E-state index is -0.0194. The highest BCUT2D eigenvalue weighted by Gasteiger charge is 2.20. The fraction of sp³-hybridized carbons (Fsp3) is 0.125. The number of para-hydroxylation sites is 1. The van der Waals surface area contributed by atoms with E-state index >= 15 is 0 Å². The van der Waals surface area contributed by atoms with Gasteiger partial charge in [-0.15, -0.1) is 11.8 Å². The van der Waals surface area contributed by atoms with Crippen molar-refractivity contribution in [3.05, 3.63) is 105 Å². The Labute approximate surface area is 194 Å². The monoisotopic (exact) mass is 534 g/mol. The molecule has 0 saturated carbocycles. The first-order valence-electron chi connectivity index (χ1n) is 9.01. The molecular weight excluding hydrogens is 515 g/mol. The number of benzene rings is 3. The lowest BCUT2D eigenvalue weighted by molar-refractivity contribution is 0.104. The van der Waals surface area contributed by atoms with Crippen molar-refractivity contribution in [1.29, 1.82) is 0 Å². The maximum Gasteiger partial charge on any atom is 0.200 e. The summed E-state index contributed by atoms with van der Waals surface area (Å²) in [6.07, 6.45) is 0. The normalized spacial score (nSPS) is 11.7. The molecule has 0 aliphatic rings. The van der Waals surface area contributed by atoms with Gasteiger partial charge in [0.25, 0.3) is 0 Å². The summed E-state index contributed by atoms with van der Waals surface area (Å²) in [4.78, 5) is 14.1. The number of methoxy groups -OCH3 is 1. The molecule has 148 valence electrons. The third kappa shape index (κ3) is 5.65. The molecule has 0 aliphatic carbocycles. The summed E-state index contributed by atoms with van der Waals surface area (Å²) in [6.45, 7) is 2.07.